The van der Waals surface area contributed by atoms with Gasteiger partial charge in [-0.1, -0.05) is 11.6 Å². The number of hydrogen-bond acceptors (Lipinski definition) is 8. The fraction of sp³-hybridized carbons (Fsp3) is 0.500. The van der Waals surface area contributed by atoms with Crippen LogP contribution >= 0.6 is 11.6 Å². The van der Waals surface area contributed by atoms with Crippen molar-refractivity contribution in [2.75, 3.05) is 19.0 Å². The number of nitrogens with zero attached hydrogens (tertiary/aromatic N) is 4. The van der Waals surface area contributed by atoms with E-state index < -0.39 is 24.5 Å². The SMILES string of the molecule is COCc1cn2c(Nc3cc([C@H]4OC[C@@H](OC(=O)NC5(C)CC5)[C@H]4F)[nH]n3)nc(Cl)cc2n1. The Morgan fingerprint density at radius 1 is 1.42 bits per heavy atom. The van der Waals surface area contributed by atoms with Gasteiger partial charge in [0.05, 0.1) is 24.6 Å². The van der Waals surface area contributed by atoms with Crippen LogP contribution in [0.1, 0.15) is 37.3 Å². The van der Waals surface area contributed by atoms with Crippen LogP contribution < -0.4 is 10.6 Å². The summed E-state index contributed by atoms with van der Waals surface area (Å²) in [5.74, 6) is 0.753. The zero-order chi connectivity index (χ0) is 23.2. The number of alkyl carbamates (subject to hydrolysis) is 1. The van der Waals surface area contributed by atoms with E-state index in [9.17, 15) is 9.18 Å². The first-order valence-electron chi connectivity index (χ1n) is 10.4. The normalized spacial score (nSPS) is 23.6. The summed E-state index contributed by atoms with van der Waals surface area (Å²) in [6.45, 7) is 2.20. The summed E-state index contributed by atoms with van der Waals surface area (Å²) in [4.78, 5) is 20.7. The molecule has 13 heteroatoms. The summed E-state index contributed by atoms with van der Waals surface area (Å²) in [6.07, 6.45) is -0.594. The second-order valence-corrected chi connectivity index (χ2v) is 8.84. The average Bonchev–Trinajstić information content (AvgIpc) is 3.11. The molecule has 2 aliphatic rings. The number of carbonyl (C=O) groups excluding carboxylic acids is 1. The highest BCUT2D eigenvalue weighted by Gasteiger charge is 2.44. The Bertz CT molecular complexity index is 1180. The van der Waals surface area contributed by atoms with Crippen molar-refractivity contribution in [2.24, 2.45) is 0 Å². The molecule has 1 aliphatic heterocycles. The number of amides is 1. The highest BCUT2D eigenvalue weighted by Crippen LogP contribution is 2.36. The predicted molar refractivity (Wildman–Crippen MR) is 115 cm³/mol. The number of ether oxygens (including phenoxy) is 3. The molecule has 3 atom stereocenters. The van der Waals surface area contributed by atoms with Crippen molar-refractivity contribution in [3.63, 3.8) is 0 Å². The molecule has 1 aliphatic carbocycles. The standard InChI is InChI=1S/C20H23ClFN7O4/c1-20(3-4-20)26-19(30)33-12-9-32-17(16(12)22)11-5-14(28-27-11)25-18-24-13(21)6-15-23-10(8-31-2)7-29(15)18/h5-7,12,16-17H,3-4,8-9H2,1-2H3,(H,26,30)(H2,24,25,27,28)/t12-,16-,17-/m1/s1. The molecular formula is C20H23ClFN7O4. The van der Waals surface area contributed by atoms with Gasteiger partial charge in [-0.2, -0.15) is 5.10 Å². The lowest BCUT2D eigenvalue weighted by atomic mass is 10.1. The largest absolute Gasteiger partial charge is 0.441 e. The number of imidazole rings is 1. The average molecular weight is 480 g/mol. The number of aromatic amines is 1. The highest BCUT2D eigenvalue weighted by atomic mass is 35.5. The maximum absolute atomic E-state index is 15.0. The number of fused-ring (bicyclic) bond motifs is 1. The van der Waals surface area contributed by atoms with Crippen molar-refractivity contribution in [2.45, 2.75) is 50.3 Å². The molecule has 11 nitrogen and oxygen atoms in total. The minimum Gasteiger partial charge on any atom is -0.441 e. The van der Waals surface area contributed by atoms with E-state index in [2.05, 4.69) is 30.8 Å². The lowest BCUT2D eigenvalue weighted by Gasteiger charge is -2.17. The first-order chi connectivity index (χ1) is 15.8. The van der Waals surface area contributed by atoms with E-state index in [0.29, 0.717) is 35.4 Å². The van der Waals surface area contributed by atoms with E-state index in [0.717, 1.165) is 12.8 Å². The molecule has 1 saturated heterocycles. The van der Waals surface area contributed by atoms with Gasteiger partial charge in [-0.05, 0) is 19.8 Å². The molecule has 0 aromatic carbocycles. The monoisotopic (exact) mass is 479 g/mol. The Morgan fingerprint density at radius 3 is 3.00 bits per heavy atom. The second kappa shape index (κ2) is 8.43. The molecule has 0 unspecified atom stereocenters. The van der Waals surface area contributed by atoms with Crippen LogP contribution in [0.3, 0.4) is 0 Å². The Balaban J connectivity index is 1.27. The zero-order valence-corrected chi connectivity index (χ0v) is 18.7. The lowest BCUT2D eigenvalue weighted by Crippen LogP contribution is -2.39. The van der Waals surface area contributed by atoms with Crippen molar-refractivity contribution in [3.05, 3.63) is 34.9 Å². The van der Waals surface area contributed by atoms with E-state index in [1.54, 1.807) is 29.8 Å². The lowest BCUT2D eigenvalue weighted by molar-refractivity contribution is 0.0604. The van der Waals surface area contributed by atoms with Gasteiger partial charge in [0.25, 0.3) is 0 Å². The quantitative estimate of drug-likeness (QED) is 0.441. The second-order valence-electron chi connectivity index (χ2n) is 8.46. The van der Waals surface area contributed by atoms with Crippen molar-refractivity contribution < 1.29 is 23.4 Å². The fourth-order valence-corrected chi connectivity index (χ4v) is 3.82. The third-order valence-corrected chi connectivity index (χ3v) is 5.85. The van der Waals surface area contributed by atoms with E-state index >= 15 is 0 Å². The third-order valence-electron chi connectivity index (χ3n) is 5.66. The molecule has 5 rings (SSSR count). The molecular weight excluding hydrogens is 457 g/mol. The molecule has 176 valence electrons. The van der Waals surface area contributed by atoms with Crippen LogP contribution in [-0.4, -0.2) is 62.2 Å². The number of H-pyrrole nitrogens is 1. The Labute approximate surface area is 193 Å². The predicted octanol–water partition coefficient (Wildman–Crippen LogP) is 3.05. The summed E-state index contributed by atoms with van der Waals surface area (Å²) in [5.41, 5.74) is 1.44. The zero-order valence-electron chi connectivity index (χ0n) is 18.0. The van der Waals surface area contributed by atoms with Gasteiger partial charge in [0, 0.05) is 31.0 Å². The molecule has 3 N–H and O–H groups in total. The molecule has 4 heterocycles. The topological polar surface area (TPSA) is 128 Å². The number of hydrogen-bond donors (Lipinski definition) is 3. The van der Waals surface area contributed by atoms with Gasteiger partial charge < -0.3 is 24.8 Å². The summed E-state index contributed by atoms with van der Waals surface area (Å²) < 4.78 is 32.6. The summed E-state index contributed by atoms with van der Waals surface area (Å²) in [7, 11) is 1.58. The van der Waals surface area contributed by atoms with Crippen LogP contribution in [0.25, 0.3) is 5.65 Å². The van der Waals surface area contributed by atoms with Crippen LogP contribution in [0, 0.1) is 0 Å². The van der Waals surface area contributed by atoms with Gasteiger partial charge in [-0.25, -0.2) is 19.2 Å². The van der Waals surface area contributed by atoms with E-state index in [1.807, 2.05) is 6.92 Å². The van der Waals surface area contributed by atoms with Gasteiger partial charge in [0.2, 0.25) is 5.95 Å². The van der Waals surface area contributed by atoms with Crippen LogP contribution in [-0.2, 0) is 20.8 Å². The number of aromatic nitrogens is 5. The summed E-state index contributed by atoms with van der Waals surface area (Å²) in [5, 5.41) is 13.0. The maximum Gasteiger partial charge on any atom is 0.408 e. The highest BCUT2D eigenvalue weighted by molar-refractivity contribution is 6.29. The number of rotatable bonds is 7. The molecule has 1 amide bonds. The molecule has 2 fully saturated rings. The maximum atomic E-state index is 15.0. The number of anilines is 2. The van der Waals surface area contributed by atoms with E-state index in [-0.39, 0.29) is 17.3 Å². The van der Waals surface area contributed by atoms with Gasteiger partial charge in [-0.15, -0.1) is 0 Å². The van der Waals surface area contributed by atoms with Gasteiger partial charge in [-0.3, -0.25) is 9.50 Å². The minimum absolute atomic E-state index is 0.0501. The minimum atomic E-state index is -1.54. The molecule has 0 radical (unpaired) electrons. The van der Waals surface area contributed by atoms with Crippen LogP contribution in [0.2, 0.25) is 5.15 Å². The third kappa shape index (κ3) is 4.59. The molecule has 1 saturated carbocycles. The first kappa shape index (κ1) is 21.9. The molecule has 3 aromatic heterocycles. The van der Waals surface area contributed by atoms with Crippen molar-refractivity contribution in [1.82, 2.24) is 29.9 Å². The van der Waals surface area contributed by atoms with Crippen LogP contribution in [0.5, 0.6) is 0 Å². The Kier molecular flexibility index (Phi) is 5.59. The number of alkyl halides is 1. The van der Waals surface area contributed by atoms with E-state index in [4.69, 9.17) is 25.8 Å². The first-order valence-corrected chi connectivity index (χ1v) is 10.8. The molecule has 0 spiro atoms. The summed E-state index contributed by atoms with van der Waals surface area (Å²) >= 11 is 6.13. The number of halogens is 2. The van der Waals surface area contributed by atoms with Gasteiger partial charge in [0.1, 0.15) is 16.9 Å². The van der Waals surface area contributed by atoms with E-state index in [1.165, 1.54) is 0 Å². The van der Waals surface area contributed by atoms with Crippen molar-refractivity contribution in [1.29, 1.82) is 0 Å². The van der Waals surface area contributed by atoms with Crippen molar-refractivity contribution >= 4 is 35.1 Å². The van der Waals surface area contributed by atoms with Crippen molar-refractivity contribution in [3.8, 4) is 0 Å². The molecule has 3 aromatic rings. The number of nitrogens with one attached hydrogen (secondary N) is 3. The number of methoxy groups -OCH3 is 1. The smallest absolute Gasteiger partial charge is 0.408 e. The summed E-state index contributed by atoms with van der Waals surface area (Å²) in [6, 6.07) is 3.23. The van der Waals surface area contributed by atoms with Crippen LogP contribution in [0.4, 0.5) is 21.0 Å². The number of carbonyl (C=O) groups is 1. The Hall–Kier alpha value is -2.96. The van der Waals surface area contributed by atoms with Gasteiger partial charge in [0.15, 0.2) is 18.1 Å². The van der Waals surface area contributed by atoms with Gasteiger partial charge >= 0.3 is 6.09 Å². The molecule has 33 heavy (non-hydrogen) atoms. The van der Waals surface area contributed by atoms with Crippen LogP contribution in [0.15, 0.2) is 18.3 Å². The molecule has 0 bridgehead atoms. The Morgan fingerprint density at radius 2 is 2.24 bits per heavy atom. The fourth-order valence-electron chi connectivity index (χ4n) is 3.64.